The first kappa shape index (κ1) is 24.1. The van der Waals surface area contributed by atoms with Crippen LogP contribution in [0, 0.1) is 6.92 Å². The van der Waals surface area contributed by atoms with E-state index in [4.69, 9.17) is 4.63 Å². The van der Waals surface area contributed by atoms with Gasteiger partial charge in [0.1, 0.15) is 4.90 Å². The molecule has 0 radical (unpaired) electrons. The number of aryl methyl sites for hydroxylation is 1. The van der Waals surface area contributed by atoms with Gasteiger partial charge in [-0.15, -0.1) is 0 Å². The maximum Gasteiger partial charge on any atom is 0.245 e. The Labute approximate surface area is 218 Å². The Balaban J connectivity index is 1.29. The minimum absolute atomic E-state index is 0.0462. The summed E-state index contributed by atoms with van der Waals surface area (Å²) in [5, 5.41) is 20.2. The van der Waals surface area contributed by atoms with E-state index in [0.717, 1.165) is 31.8 Å². The maximum atomic E-state index is 13.7. The van der Waals surface area contributed by atoms with E-state index in [1.54, 1.807) is 18.3 Å². The second-order valence-electron chi connectivity index (χ2n) is 9.26. The Bertz CT molecular complexity index is 1700. The fourth-order valence-electron chi connectivity index (χ4n) is 4.78. The first-order valence-corrected chi connectivity index (χ1v) is 14.2. The van der Waals surface area contributed by atoms with Gasteiger partial charge in [0.25, 0.3) is 0 Å². The fourth-order valence-corrected chi connectivity index (χ4v) is 7.35. The van der Waals surface area contributed by atoms with Crippen molar-refractivity contribution in [3.63, 3.8) is 0 Å². The van der Waals surface area contributed by atoms with E-state index in [2.05, 4.69) is 15.3 Å². The number of para-hydroxylation sites is 1. The van der Waals surface area contributed by atoms with Crippen LogP contribution in [-0.4, -0.2) is 46.2 Å². The molecule has 3 heterocycles. The average molecular weight is 533 g/mol. The third-order valence-corrected chi connectivity index (χ3v) is 9.94. The molecular weight excluding hydrogens is 508 g/mol. The Morgan fingerprint density at radius 3 is 2.38 bits per heavy atom. The molecule has 1 fully saturated rings. The highest BCUT2D eigenvalue weighted by atomic mass is 32.2. The summed E-state index contributed by atoms with van der Waals surface area (Å²) in [4.78, 5) is 6.19. The molecule has 188 valence electrons. The number of hydrogen-bond acceptors (Lipinski definition) is 8. The molecule has 0 unspecified atom stereocenters. The number of hydrogen-bond donors (Lipinski definition) is 1. The van der Waals surface area contributed by atoms with Gasteiger partial charge in [0.2, 0.25) is 10.0 Å². The van der Waals surface area contributed by atoms with E-state index in [1.165, 1.54) is 16.1 Å². The van der Waals surface area contributed by atoms with Gasteiger partial charge >= 0.3 is 0 Å². The van der Waals surface area contributed by atoms with Gasteiger partial charge in [0.05, 0.1) is 11.1 Å². The predicted molar refractivity (Wildman–Crippen MR) is 141 cm³/mol. The smallest absolute Gasteiger partial charge is 0.245 e. The molecule has 2 aromatic heterocycles. The third kappa shape index (κ3) is 4.29. The summed E-state index contributed by atoms with van der Waals surface area (Å²) in [6.45, 7) is 2.38. The minimum atomic E-state index is -3.88. The molecule has 1 aliphatic heterocycles. The number of benzene rings is 3. The standard InChI is InChI=1S/C27H24N4O4S2/c1-18-7-9-20(10-8-18)27(32)13-16-31(17-14-27)37(33,34)23-12-11-22(25-26(23)30-35-29-25)36-21-6-2-4-19-5-3-15-28-24(19)21/h2-12,15,32H,13-14,16-17H2,1H3. The van der Waals surface area contributed by atoms with Crippen molar-refractivity contribution in [2.45, 2.75) is 40.1 Å². The monoisotopic (exact) mass is 532 g/mol. The highest BCUT2D eigenvalue weighted by Gasteiger charge is 2.39. The molecule has 0 spiro atoms. The van der Waals surface area contributed by atoms with Gasteiger partial charge in [-0.05, 0) is 59.9 Å². The lowest BCUT2D eigenvalue weighted by Gasteiger charge is -2.37. The summed E-state index contributed by atoms with van der Waals surface area (Å²) in [5.41, 5.74) is 2.28. The van der Waals surface area contributed by atoms with Gasteiger partial charge in [-0.2, -0.15) is 4.31 Å². The van der Waals surface area contributed by atoms with Crippen LogP contribution in [0.5, 0.6) is 0 Å². The number of pyridine rings is 1. The van der Waals surface area contributed by atoms with Gasteiger partial charge in [0.15, 0.2) is 11.0 Å². The SMILES string of the molecule is Cc1ccc(C2(O)CCN(S(=O)(=O)c3ccc(Sc4cccc5cccnc45)c4nonc34)CC2)cc1. The van der Waals surface area contributed by atoms with Gasteiger partial charge in [-0.3, -0.25) is 4.98 Å². The summed E-state index contributed by atoms with van der Waals surface area (Å²) in [6.07, 6.45) is 2.35. The normalized spacial score (nSPS) is 16.4. The van der Waals surface area contributed by atoms with Crippen molar-refractivity contribution in [1.82, 2.24) is 19.6 Å². The lowest BCUT2D eigenvalue weighted by molar-refractivity contribution is -0.00961. The second-order valence-corrected chi connectivity index (χ2v) is 12.2. The van der Waals surface area contributed by atoms with Gasteiger partial charge in [-0.1, -0.05) is 59.8 Å². The lowest BCUT2D eigenvalue weighted by atomic mass is 9.85. The molecule has 37 heavy (non-hydrogen) atoms. The van der Waals surface area contributed by atoms with Gasteiger partial charge < -0.3 is 5.11 Å². The van der Waals surface area contributed by atoms with Crippen LogP contribution in [0.2, 0.25) is 0 Å². The number of aromatic nitrogens is 3. The molecule has 0 atom stereocenters. The Morgan fingerprint density at radius 2 is 1.59 bits per heavy atom. The maximum absolute atomic E-state index is 13.7. The molecule has 3 aromatic carbocycles. The molecule has 6 rings (SSSR count). The Morgan fingerprint density at radius 1 is 0.892 bits per heavy atom. The highest BCUT2D eigenvalue weighted by Crippen LogP contribution is 2.39. The topological polar surface area (TPSA) is 109 Å². The largest absolute Gasteiger partial charge is 0.385 e. The van der Waals surface area contributed by atoms with Crippen LogP contribution in [0.15, 0.2) is 92.2 Å². The lowest BCUT2D eigenvalue weighted by Crippen LogP contribution is -2.45. The summed E-state index contributed by atoms with van der Waals surface area (Å²) in [5.74, 6) is 0. The zero-order valence-corrected chi connectivity index (χ0v) is 21.7. The molecule has 10 heteroatoms. The zero-order valence-electron chi connectivity index (χ0n) is 20.0. The van der Waals surface area contributed by atoms with Crippen LogP contribution < -0.4 is 0 Å². The first-order valence-electron chi connectivity index (χ1n) is 11.9. The summed E-state index contributed by atoms with van der Waals surface area (Å²) in [6, 6.07) is 20.8. The molecule has 1 aliphatic rings. The molecule has 1 saturated heterocycles. The Hall–Kier alpha value is -3.31. The van der Waals surface area contributed by atoms with Crippen molar-refractivity contribution >= 4 is 43.7 Å². The molecule has 1 N–H and O–H groups in total. The Kier molecular flexibility index (Phi) is 5.99. The van der Waals surface area contributed by atoms with Crippen LogP contribution in [0.1, 0.15) is 24.0 Å². The zero-order chi connectivity index (χ0) is 25.6. The van der Waals surface area contributed by atoms with E-state index >= 15 is 0 Å². The fraction of sp³-hybridized carbons (Fsp3) is 0.222. The van der Waals surface area contributed by atoms with Crippen LogP contribution in [-0.2, 0) is 15.6 Å². The van der Waals surface area contributed by atoms with Crippen molar-refractivity contribution < 1.29 is 18.2 Å². The van der Waals surface area contributed by atoms with E-state index < -0.39 is 15.6 Å². The van der Waals surface area contributed by atoms with E-state index in [9.17, 15) is 13.5 Å². The number of aliphatic hydroxyl groups is 1. The molecular formula is C27H24N4O4S2. The van der Waals surface area contributed by atoms with Crippen molar-refractivity contribution in [3.8, 4) is 0 Å². The van der Waals surface area contributed by atoms with E-state index in [-0.39, 0.29) is 23.5 Å². The quantitative estimate of drug-likeness (QED) is 0.340. The summed E-state index contributed by atoms with van der Waals surface area (Å²) >= 11 is 1.44. The van der Waals surface area contributed by atoms with Crippen LogP contribution in [0.25, 0.3) is 21.9 Å². The number of nitrogens with zero attached hydrogens (tertiary/aromatic N) is 4. The molecule has 0 aliphatic carbocycles. The van der Waals surface area contributed by atoms with E-state index in [0.29, 0.717) is 18.4 Å². The van der Waals surface area contributed by atoms with E-state index in [1.807, 2.05) is 61.5 Å². The average Bonchev–Trinajstić information content (AvgIpc) is 3.40. The summed E-state index contributed by atoms with van der Waals surface area (Å²) in [7, 11) is -3.88. The molecule has 8 nitrogen and oxygen atoms in total. The minimum Gasteiger partial charge on any atom is -0.385 e. The number of rotatable bonds is 5. The molecule has 0 saturated carbocycles. The van der Waals surface area contributed by atoms with Gasteiger partial charge in [-0.25, -0.2) is 13.0 Å². The molecule has 0 amide bonds. The van der Waals surface area contributed by atoms with Crippen molar-refractivity contribution in [2.24, 2.45) is 0 Å². The van der Waals surface area contributed by atoms with Crippen molar-refractivity contribution in [3.05, 3.63) is 84.1 Å². The summed E-state index contributed by atoms with van der Waals surface area (Å²) < 4.78 is 33.7. The van der Waals surface area contributed by atoms with Crippen molar-refractivity contribution in [2.75, 3.05) is 13.1 Å². The number of piperidine rings is 1. The highest BCUT2D eigenvalue weighted by molar-refractivity contribution is 7.99. The van der Waals surface area contributed by atoms with Gasteiger partial charge in [0, 0.05) is 34.5 Å². The van der Waals surface area contributed by atoms with Crippen molar-refractivity contribution in [1.29, 1.82) is 0 Å². The van der Waals surface area contributed by atoms with Crippen LogP contribution >= 0.6 is 11.8 Å². The number of sulfonamides is 1. The van der Waals surface area contributed by atoms with Crippen LogP contribution in [0.4, 0.5) is 0 Å². The van der Waals surface area contributed by atoms with Crippen LogP contribution in [0.3, 0.4) is 0 Å². The second kappa shape index (κ2) is 9.21. The number of fused-ring (bicyclic) bond motifs is 2. The molecule has 5 aromatic rings. The predicted octanol–water partition coefficient (Wildman–Crippen LogP) is 4.90. The first-order chi connectivity index (χ1) is 17.8. The molecule has 0 bridgehead atoms. The third-order valence-electron chi connectivity index (χ3n) is 6.91.